The van der Waals surface area contributed by atoms with E-state index in [0.29, 0.717) is 0 Å². The summed E-state index contributed by atoms with van der Waals surface area (Å²) in [7, 11) is 0. The van der Waals surface area contributed by atoms with Crippen LogP contribution in [0.25, 0.3) is 0 Å². The molecule has 1 aromatic carbocycles. The molecule has 0 unspecified atom stereocenters. The molecular weight excluding hydrogens is 240 g/mol. The van der Waals surface area contributed by atoms with Crippen LogP contribution in [0.5, 0.6) is 0 Å². The summed E-state index contributed by atoms with van der Waals surface area (Å²) in [5.74, 6) is 0. The largest absolute Gasteiger partial charge is 0.313 e. The van der Waals surface area contributed by atoms with Crippen LogP contribution >= 0.6 is 11.8 Å². The predicted molar refractivity (Wildman–Crippen MR) is 76.9 cm³/mol. The molecule has 0 radical (unpaired) electrons. The second-order valence-electron chi connectivity index (χ2n) is 4.17. The highest BCUT2D eigenvalue weighted by Crippen LogP contribution is 2.30. The molecule has 0 amide bonds. The Morgan fingerprint density at radius 2 is 1.94 bits per heavy atom. The smallest absolute Gasteiger partial charge is 0.0279 e. The van der Waals surface area contributed by atoms with Crippen LogP contribution in [-0.4, -0.2) is 11.5 Å². The number of hydrogen-bond acceptors (Lipinski definition) is 3. The van der Waals surface area contributed by atoms with Crippen LogP contribution in [0, 0.1) is 6.92 Å². The molecule has 0 bridgehead atoms. The highest BCUT2D eigenvalue weighted by atomic mass is 32.2. The summed E-state index contributed by atoms with van der Waals surface area (Å²) in [4.78, 5) is 6.57. The zero-order valence-electron chi connectivity index (χ0n) is 10.8. The maximum Gasteiger partial charge on any atom is 0.0279 e. The Balaban J connectivity index is 2.10. The lowest BCUT2D eigenvalue weighted by molar-refractivity contribution is 0.726. The van der Waals surface area contributed by atoms with Crippen LogP contribution in [-0.2, 0) is 6.54 Å². The number of benzene rings is 1. The molecule has 1 heterocycles. The van der Waals surface area contributed by atoms with E-state index in [0.717, 1.165) is 13.1 Å². The van der Waals surface area contributed by atoms with Gasteiger partial charge in [-0.25, -0.2) is 0 Å². The molecule has 0 saturated carbocycles. The number of aromatic nitrogens is 1. The summed E-state index contributed by atoms with van der Waals surface area (Å²) in [6.45, 7) is 6.24. The Bertz CT molecular complexity index is 497. The summed E-state index contributed by atoms with van der Waals surface area (Å²) in [5, 5.41) is 3.35. The van der Waals surface area contributed by atoms with Crippen LogP contribution in [0.1, 0.15) is 18.1 Å². The van der Waals surface area contributed by atoms with Gasteiger partial charge in [-0.05, 0) is 42.8 Å². The molecule has 1 N–H and O–H groups in total. The summed E-state index contributed by atoms with van der Waals surface area (Å²) < 4.78 is 0. The van der Waals surface area contributed by atoms with Crippen molar-refractivity contribution in [3.8, 4) is 0 Å². The molecular formula is C15H18N2S. The molecule has 0 aliphatic carbocycles. The minimum atomic E-state index is 0.942. The quantitative estimate of drug-likeness (QED) is 0.886. The van der Waals surface area contributed by atoms with Gasteiger partial charge in [-0.1, -0.05) is 30.8 Å². The van der Waals surface area contributed by atoms with Gasteiger partial charge in [0.25, 0.3) is 0 Å². The molecule has 0 spiro atoms. The normalized spacial score (nSPS) is 10.6. The fourth-order valence-electron chi connectivity index (χ4n) is 1.74. The van der Waals surface area contributed by atoms with Crippen molar-refractivity contribution in [1.29, 1.82) is 0 Å². The second-order valence-corrected chi connectivity index (χ2v) is 5.28. The van der Waals surface area contributed by atoms with E-state index in [9.17, 15) is 0 Å². The van der Waals surface area contributed by atoms with Crippen molar-refractivity contribution >= 4 is 11.8 Å². The molecule has 0 fully saturated rings. The molecule has 0 aliphatic heterocycles. The molecule has 94 valence electrons. The van der Waals surface area contributed by atoms with Crippen molar-refractivity contribution in [2.45, 2.75) is 30.2 Å². The zero-order valence-corrected chi connectivity index (χ0v) is 11.6. The van der Waals surface area contributed by atoms with E-state index in [2.05, 4.69) is 42.3 Å². The van der Waals surface area contributed by atoms with Gasteiger partial charge in [-0.15, -0.1) is 0 Å². The third-order valence-corrected chi connectivity index (χ3v) is 3.88. The van der Waals surface area contributed by atoms with Crippen molar-refractivity contribution < 1.29 is 0 Å². The number of rotatable bonds is 5. The third-order valence-electron chi connectivity index (χ3n) is 2.70. The van der Waals surface area contributed by atoms with E-state index in [1.54, 1.807) is 11.8 Å². The van der Waals surface area contributed by atoms with E-state index in [1.807, 2.05) is 24.5 Å². The number of pyridine rings is 1. The number of hydrogen-bond donors (Lipinski definition) is 1. The molecule has 2 nitrogen and oxygen atoms in total. The molecule has 1 aromatic heterocycles. The van der Waals surface area contributed by atoms with E-state index in [4.69, 9.17) is 0 Å². The lowest BCUT2D eigenvalue weighted by Gasteiger charge is -2.08. The molecule has 18 heavy (non-hydrogen) atoms. The Morgan fingerprint density at radius 3 is 2.61 bits per heavy atom. The average Bonchev–Trinajstić information content (AvgIpc) is 2.40. The summed E-state index contributed by atoms with van der Waals surface area (Å²) >= 11 is 1.79. The van der Waals surface area contributed by atoms with Gasteiger partial charge in [0.05, 0.1) is 0 Å². The van der Waals surface area contributed by atoms with Gasteiger partial charge in [0, 0.05) is 28.7 Å². The van der Waals surface area contributed by atoms with E-state index < -0.39 is 0 Å². The first kappa shape index (κ1) is 13.1. The molecule has 2 aromatic rings. The second kappa shape index (κ2) is 6.57. The summed E-state index contributed by atoms with van der Waals surface area (Å²) in [5.41, 5.74) is 2.67. The number of aryl methyl sites for hydroxylation is 1. The maximum atomic E-state index is 4.04. The Labute approximate surface area is 113 Å². The van der Waals surface area contributed by atoms with Crippen LogP contribution in [0.3, 0.4) is 0 Å². The number of nitrogens with zero attached hydrogens (tertiary/aromatic N) is 1. The van der Waals surface area contributed by atoms with Crippen molar-refractivity contribution in [3.05, 3.63) is 53.9 Å². The fourth-order valence-corrected chi connectivity index (χ4v) is 2.61. The van der Waals surface area contributed by atoms with Crippen molar-refractivity contribution in [2.24, 2.45) is 0 Å². The van der Waals surface area contributed by atoms with Crippen molar-refractivity contribution in [2.75, 3.05) is 6.54 Å². The lowest BCUT2D eigenvalue weighted by atomic mass is 10.1. The molecule has 0 atom stereocenters. The highest BCUT2D eigenvalue weighted by Gasteiger charge is 2.02. The topological polar surface area (TPSA) is 24.9 Å². The lowest BCUT2D eigenvalue weighted by Crippen LogP contribution is -2.11. The van der Waals surface area contributed by atoms with Gasteiger partial charge in [0.15, 0.2) is 0 Å². The van der Waals surface area contributed by atoms with Gasteiger partial charge in [0.2, 0.25) is 0 Å². The molecule has 3 heteroatoms. The first-order valence-electron chi connectivity index (χ1n) is 6.17. The highest BCUT2D eigenvalue weighted by molar-refractivity contribution is 7.99. The van der Waals surface area contributed by atoms with Crippen LogP contribution in [0.2, 0.25) is 0 Å². The maximum absolute atomic E-state index is 4.04. The minimum Gasteiger partial charge on any atom is -0.313 e. The molecule has 0 saturated heterocycles. The van der Waals surface area contributed by atoms with Crippen molar-refractivity contribution in [1.82, 2.24) is 10.3 Å². The van der Waals surface area contributed by atoms with E-state index in [-0.39, 0.29) is 0 Å². The standard InChI is InChI=1S/C15H18N2S/c1-3-16-11-13-4-5-15(12(2)10-13)18-14-6-8-17-9-7-14/h4-10,16H,3,11H2,1-2H3. The predicted octanol–water partition coefficient (Wildman–Crippen LogP) is 3.65. The summed E-state index contributed by atoms with van der Waals surface area (Å²) in [6, 6.07) is 10.7. The SMILES string of the molecule is CCNCc1ccc(Sc2ccncc2)c(C)c1. The van der Waals surface area contributed by atoms with E-state index in [1.165, 1.54) is 20.9 Å². The first-order valence-corrected chi connectivity index (χ1v) is 6.99. The van der Waals surface area contributed by atoms with Crippen LogP contribution in [0.15, 0.2) is 52.5 Å². The first-order chi connectivity index (χ1) is 8.79. The van der Waals surface area contributed by atoms with Crippen LogP contribution in [0.4, 0.5) is 0 Å². The van der Waals surface area contributed by atoms with Crippen LogP contribution < -0.4 is 5.32 Å². The Kier molecular flexibility index (Phi) is 4.79. The Morgan fingerprint density at radius 1 is 1.17 bits per heavy atom. The van der Waals surface area contributed by atoms with Gasteiger partial charge >= 0.3 is 0 Å². The van der Waals surface area contributed by atoms with Crippen molar-refractivity contribution in [3.63, 3.8) is 0 Å². The molecule has 0 aliphatic rings. The van der Waals surface area contributed by atoms with Gasteiger partial charge in [-0.2, -0.15) is 0 Å². The number of nitrogens with one attached hydrogen (secondary N) is 1. The van der Waals surface area contributed by atoms with Gasteiger partial charge in [-0.3, -0.25) is 4.98 Å². The fraction of sp³-hybridized carbons (Fsp3) is 0.267. The minimum absolute atomic E-state index is 0.942. The Hall–Kier alpha value is -1.32. The third kappa shape index (κ3) is 3.59. The van der Waals surface area contributed by atoms with Gasteiger partial charge < -0.3 is 5.32 Å². The van der Waals surface area contributed by atoms with Gasteiger partial charge in [0.1, 0.15) is 0 Å². The molecule has 2 rings (SSSR count). The monoisotopic (exact) mass is 258 g/mol. The van der Waals surface area contributed by atoms with E-state index >= 15 is 0 Å². The average molecular weight is 258 g/mol. The zero-order chi connectivity index (χ0) is 12.8. The summed E-state index contributed by atoms with van der Waals surface area (Å²) in [6.07, 6.45) is 3.66.